The first-order chi connectivity index (χ1) is 15.6. The van der Waals surface area contributed by atoms with Gasteiger partial charge in [-0.3, -0.25) is 0 Å². The molecule has 0 saturated heterocycles. The molecule has 0 fully saturated rings. The second-order valence-electron chi connectivity index (χ2n) is 7.69. The molecule has 5 nitrogen and oxygen atoms in total. The third-order valence-electron chi connectivity index (χ3n) is 5.50. The van der Waals surface area contributed by atoms with Crippen LogP contribution in [0.5, 0.6) is 11.5 Å². The van der Waals surface area contributed by atoms with Gasteiger partial charge in [-0.15, -0.1) is 0 Å². The average Bonchev–Trinajstić information content (AvgIpc) is 3.25. The highest BCUT2D eigenvalue weighted by atomic mass is 79.9. The van der Waals surface area contributed by atoms with Gasteiger partial charge in [-0.05, 0) is 53.6 Å². The topological polar surface area (TPSA) is 66.5 Å². The number of fused-ring (bicyclic) bond motifs is 1. The van der Waals surface area contributed by atoms with Crippen LogP contribution in [0, 0.1) is 0 Å². The Kier molecular flexibility index (Phi) is 7.47. The van der Waals surface area contributed by atoms with Crippen molar-refractivity contribution in [2.24, 2.45) is 0 Å². The van der Waals surface area contributed by atoms with Crippen LogP contribution in [0.15, 0.2) is 83.5 Å². The molecule has 1 aromatic heterocycles. The number of aliphatic hydroxyl groups is 1. The van der Waals surface area contributed by atoms with Gasteiger partial charge in [-0.25, -0.2) is 0 Å². The molecule has 0 bridgehead atoms. The van der Waals surface area contributed by atoms with Crippen molar-refractivity contribution in [3.05, 3.63) is 94.6 Å². The summed E-state index contributed by atoms with van der Waals surface area (Å²) in [6.07, 6.45) is 1.46. The van der Waals surface area contributed by atoms with Crippen molar-refractivity contribution in [2.45, 2.75) is 12.0 Å². The maximum atomic E-state index is 10.4. The normalized spacial score (nSPS) is 13.1. The predicted molar refractivity (Wildman–Crippen MR) is 132 cm³/mol. The van der Waals surface area contributed by atoms with E-state index in [1.165, 1.54) is 16.5 Å². The van der Waals surface area contributed by atoms with Gasteiger partial charge >= 0.3 is 0 Å². The van der Waals surface area contributed by atoms with Crippen LogP contribution in [0.1, 0.15) is 17.0 Å². The monoisotopic (exact) mass is 494 g/mol. The average molecular weight is 495 g/mol. The number of halogens is 1. The summed E-state index contributed by atoms with van der Waals surface area (Å²) in [5.41, 5.74) is 3.52. The third-order valence-corrected chi connectivity index (χ3v) is 6.03. The second kappa shape index (κ2) is 10.7. The van der Waals surface area contributed by atoms with E-state index in [1.807, 2.05) is 42.5 Å². The molecule has 6 heteroatoms. The SMILES string of the molecule is COc1ccc([C@H](CNC[C@@H](O)COc2ccc(Br)cc2)c2c[nH]c3ccccc23)cc1. The Morgan fingerprint density at radius 1 is 0.938 bits per heavy atom. The highest BCUT2D eigenvalue weighted by Crippen LogP contribution is 2.31. The number of para-hydroxylation sites is 1. The van der Waals surface area contributed by atoms with Gasteiger partial charge in [0.25, 0.3) is 0 Å². The summed E-state index contributed by atoms with van der Waals surface area (Å²) in [5, 5.41) is 15.0. The van der Waals surface area contributed by atoms with E-state index in [4.69, 9.17) is 9.47 Å². The largest absolute Gasteiger partial charge is 0.497 e. The van der Waals surface area contributed by atoms with Crippen LogP contribution in [-0.4, -0.2) is 43.0 Å². The second-order valence-corrected chi connectivity index (χ2v) is 8.61. The minimum absolute atomic E-state index is 0.122. The van der Waals surface area contributed by atoms with E-state index >= 15 is 0 Å². The Morgan fingerprint density at radius 3 is 2.41 bits per heavy atom. The first kappa shape index (κ1) is 22.4. The van der Waals surface area contributed by atoms with Crippen LogP contribution in [0.4, 0.5) is 0 Å². The molecule has 0 radical (unpaired) electrons. The molecule has 2 atom stereocenters. The number of methoxy groups -OCH3 is 1. The zero-order chi connectivity index (χ0) is 22.3. The summed E-state index contributed by atoms with van der Waals surface area (Å²) in [7, 11) is 1.67. The van der Waals surface area contributed by atoms with Crippen molar-refractivity contribution in [3.63, 3.8) is 0 Å². The minimum Gasteiger partial charge on any atom is -0.497 e. The molecular weight excluding hydrogens is 468 g/mol. The number of nitrogens with one attached hydrogen (secondary N) is 2. The van der Waals surface area contributed by atoms with Crippen molar-refractivity contribution < 1.29 is 14.6 Å². The van der Waals surface area contributed by atoms with Crippen LogP contribution in [0.25, 0.3) is 10.9 Å². The number of hydrogen-bond donors (Lipinski definition) is 3. The zero-order valence-corrected chi connectivity index (χ0v) is 19.5. The maximum Gasteiger partial charge on any atom is 0.119 e. The van der Waals surface area contributed by atoms with Crippen LogP contribution >= 0.6 is 15.9 Å². The minimum atomic E-state index is -0.613. The van der Waals surface area contributed by atoms with Crippen molar-refractivity contribution in [1.82, 2.24) is 10.3 Å². The fourth-order valence-corrected chi connectivity index (χ4v) is 4.07. The number of H-pyrrole nitrogens is 1. The number of benzene rings is 3. The molecule has 4 aromatic rings. The molecule has 0 aliphatic rings. The number of aliphatic hydroxyl groups excluding tert-OH is 1. The lowest BCUT2D eigenvalue weighted by Crippen LogP contribution is -2.34. The summed E-state index contributed by atoms with van der Waals surface area (Å²) in [5.74, 6) is 1.69. The number of hydrogen-bond acceptors (Lipinski definition) is 4. The van der Waals surface area contributed by atoms with Crippen LogP contribution in [-0.2, 0) is 0 Å². The zero-order valence-electron chi connectivity index (χ0n) is 17.9. The Morgan fingerprint density at radius 2 is 1.66 bits per heavy atom. The summed E-state index contributed by atoms with van der Waals surface area (Å²) in [6, 6.07) is 24.1. The molecule has 4 rings (SSSR count). The van der Waals surface area contributed by atoms with Gasteiger partial charge in [0, 0.05) is 40.6 Å². The van der Waals surface area contributed by atoms with Crippen LogP contribution in [0.3, 0.4) is 0 Å². The molecule has 0 unspecified atom stereocenters. The van der Waals surface area contributed by atoms with Gasteiger partial charge in [0.2, 0.25) is 0 Å². The number of aromatic nitrogens is 1. The molecule has 3 aromatic carbocycles. The van der Waals surface area contributed by atoms with E-state index in [-0.39, 0.29) is 12.5 Å². The summed E-state index contributed by atoms with van der Waals surface area (Å²) < 4.78 is 12.0. The van der Waals surface area contributed by atoms with Crippen LogP contribution < -0.4 is 14.8 Å². The van der Waals surface area contributed by atoms with Crippen molar-refractivity contribution in [3.8, 4) is 11.5 Å². The van der Waals surface area contributed by atoms with E-state index < -0.39 is 6.10 Å². The first-order valence-electron chi connectivity index (χ1n) is 10.6. The Balaban J connectivity index is 1.42. The Hall–Kier alpha value is -2.80. The van der Waals surface area contributed by atoms with Gasteiger partial charge in [-0.2, -0.15) is 0 Å². The molecule has 1 heterocycles. The molecule has 0 saturated carbocycles. The van der Waals surface area contributed by atoms with Gasteiger partial charge in [-0.1, -0.05) is 46.3 Å². The lowest BCUT2D eigenvalue weighted by Gasteiger charge is -2.20. The van der Waals surface area contributed by atoms with E-state index in [0.717, 1.165) is 21.5 Å². The quantitative estimate of drug-likeness (QED) is 0.287. The predicted octanol–water partition coefficient (Wildman–Crippen LogP) is 5.10. The van der Waals surface area contributed by atoms with Gasteiger partial charge in [0.15, 0.2) is 0 Å². The van der Waals surface area contributed by atoms with E-state index in [1.54, 1.807) is 7.11 Å². The highest BCUT2D eigenvalue weighted by Gasteiger charge is 2.19. The molecule has 0 aliphatic carbocycles. The first-order valence-corrected chi connectivity index (χ1v) is 11.4. The van der Waals surface area contributed by atoms with E-state index in [0.29, 0.717) is 13.1 Å². The molecule has 3 N–H and O–H groups in total. The molecule has 166 valence electrons. The molecule has 0 spiro atoms. The molecule has 0 amide bonds. The Bertz CT molecular complexity index is 1130. The Labute approximate surface area is 196 Å². The van der Waals surface area contributed by atoms with E-state index in [2.05, 4.69) is 62.8 Å². The lowest BCUT2D eigenvalue weighted by molar-refractivity contribution is 0.106. The highest BCUT2D eigenvalue weighted by molar-refractivity contribution is 9.10. The van der Waals surface area contributed by atoms with Crippen molar-refractivity contribution in [1.29, 1.82) is 0 Å². The van der Waals surface area contributed by atoms with Crippen molar-refractivity contribution >= 4 is 26.8 Å². The van der Waals surface area contributed by atoms with Gasteiger partial charge in [0.05, 0.1) is 7.11 Å². The summed E-state index contributed by atoms with van der Waals surface area (Å²) >= 11 is 3.41. The van der Waals surface area contributed by atoms with E-state index in [9.17, 15) is 5.11 Å². The fraction of sp³-hybridized carbons (Fsp3) is 0.231. The molecule has 32 heavy (non-hydrogen) atoms. The standard InChI is InChI=1S/C26H27BrN2O3/c1-31-21-10-6-18(7-11-21)24(25-16-29-26-5-3-2-4-23(25)26)15-28-14-20(30)17-32-22-12-8-19(27)9-13-22/h2-13,16,20,24,28-30H,14-15,17H2,1H3/t20-,24+/m1/s1. The number of ether oxygens (including phenoxy) is 2. The van der Waals surface area contributed by atoms with Gasteiger partial charge in [0.1, 0.15) is 24.2 Å². The van der Waals surface area contributed by atoms with Gasteiger partial charge < -0.3 is 24.9 Å². The molecular formula is C26H27BrN2O3. The molecule has 0 aliphatic heterocycles. The fourth-order valence-electron chi connectivity index (χ4n) is 3.80. The number of rotatable bonds is 10. The maximum absolute atomic E-state index is 10.4. The number of aromatic amines is 1. The third kappa shape index (κ3) is 5.51. The summed E-state index contributed by atoms with van der Waals surface area (Å²) in [4.78, 5) is 3.38. The van der Waals surface area contributed by atoms with Crippen molar-refractivity contribution in [2.75, 3.05) is 26.8 Å². The smallest absolute Gasteiger partial charge is 0.119 e. The summed E-state index contributed by atoms with van der Waals surface area (Å²) in [6.45, 7) is 1.35. The lowest BCUT2D eigenvalue weighted by atomic mass is 9.90. The van der Waals surface area contributed by atoms with Crippen LogP contribution in [0.2, 0.25) is 0 Å².